The Hall–Kier alpha value is -1.36. The van der Waals surface area contributed by atoms with Crippen LogP contribution in [0.3, 0.4) is 0 Å². The molecule has 2 N–H and O–H groups in total. The molecule has 1 unspecified atom stereocenters. The number of β-amino-alcohol motifs (C(OH)–C–C–N with tert-alkyl or cyclic N) is 1. The summed E-state index contributed by atoms with van der Waals surface area (Å²) < 4.78 is 0. The molecule has 2 rings (SSSR count). The molecule has 5 heteroatoms. The van der Waals surface area contributed by atoms with E-state index in [4.69, 9.17) is 0 Å². The lowest BCUT2D eigenvalue weighted by molar-refractivity contribution is 0.0447. The summed E-state index contributed by atoms with van der Waals surface area (Å²) in [6.45, 7) is 3.45. The van der Waals surface area contributed by atoms with E-state index in [0.29, 0.717) is 6.54 Å². The first-order chi connectivity index (χ1) is 7.61. The molecule has 0 radical (unpaired) electrons. The van der Waals surface area contributed by atoms with Crippen molar-refractivity contribution >= 4 is 11.6 Å². The first-order valence-electron chi connectivity index (χ1n) is 5.58. The standard InChI is InChI=1S/C11H18N4O/c1-11(16)4-3-5-15(7-11)10-6-9(12-2)13-8-14-10/h6,8,16H,3-5,7H2,1-2H3,(H,12,13,14). The zero-order chi connectivity index (χ0) is 11.6. The highest BCUT2D eigenvalue weighted by molar-refractivity contribution is 5.48. The summed E-state index contributed by atoms with van der Waals surface area (Å²) in [5.74, 6) is 1.68. The fraction of sp³-hybridized carbons (Fsp3) is 0.636. The van der Waals surface area contributed by atoms with Crippen LogP contribution in [-0.4, -0.2) is 40.8 Å². The van der Waals surface area contributed by atoms with Crippen molar-refractivity contribution in [2.24, 2.45) is 0 Å². The van der Waals surface area contributed by atoms with Gasteiger partial charge in [0.1, 0.15) is 18.0 Å². The van der Waals surface area contributed by atoms with E-state index in [1.165, 1.54) is 0 Å². The Morgan fingerprint density at radius 3 is 3.00 bits per heavy atom. The maximum Gasteiger partial charge on any atom is 0.134 e. The quantitative estimate of drug-likeness (QED) is 0.777. The molecule has 0 aromatic carbocycles. The molecule has 0 spiro atoms. The van der Waals surface area contributed by atoms with Gasteiger partial charge in [0.15, 0.2) is 0 Å². The molecule has 1 aliphatic heterocycles. The third-order valence-electron chi connectivity index (χ3n) is 2.91. The minimum Gasteiger partial charge on any atom is -0.388 e. The van der Waals surface area contributed by atoms with Crippen molar-refractivity contribution in [3.63, 3.8) is 0 Å². The Morgan fingerprint density at radius 2 is 2.31 bits per heavy atom. The van der Waals surface area contributed by atoms with Gasteiger partial charge in [0.05, 0.1) is 5.60 Å². The van der Waals surface area contributed by atoms with Crippen LogP contribution < -0.4 is 10.2 Å². The molecule has 2 heterocycles. The molecule has 0 aliphatic carbocycles. The van der Waals surface area contributed by atoms with Gasteiger partial charge in [0.2, 0.25) is 0 Å². The molecule has 1 atom stereocenters. The molecule has 5 nitrogen and oxygen atoms in total. The topological polar surface area (TPSA) is 61.3 Å². The van der Waals surface area contributed by atoms with E-state index in [0.717, 1.165) is 31.0 Å². The molecule has 0 amide bonds. The average molecular weight is 222 g/mol. The Balaban J connectivity index is 2.16. The second-order valence-corrected chi connectivity index (χ2v) is 4.53. The van der Waals surface area contributed by atoms with E-state index in [9.17, 15) is 5.11 Å². The van der Waals surface area contributed by atoms with E-state index >= 15 is 0 Å². The highest BCUT2D eigenvalue weighted by Gasteiger charge is 2.29. The summed E-state index contributed by atoms with van der Waals surface area (Å²) in [6, 6.07) is 1.90. The van der Waals surface area contributed by atoms with Gasteiger partial charge in [-0.2, -0.15) is 0 Å². The minimum absolute atomic E-state index is 0.608. The third-order valence-corrected chi connectivity index (χ3v) is 2.91. The minimum atomic E-state index is -0.608. The second-order valence-electron chi connectivity index (χ2n) is 4.53. The van der Waals surface area contributed by atoms with Gasteiger partial charge in [0, 0.05) is 26.2 Å². The van der Waals surface area contributed by atoms with Gasteiger partial charge >= 0.3 is 0 Å². The van der Waals surface area contributed by atoms with E-state index in [-0.39, 0.29) is 0 Å². The Bertz CT molecular complexity index is 367. The van der Waals surface area contributed by atoms with Crippen LogP contribution in [0.2, 0.25) is 0 Å². The molecular formula is C11H18N4O. The summed E-state index contributed by atoms with van der Waals surface area (Å²) in [4.78, 5) is 10.4. The van der Waals surface area contributed by atoms with Crippen LogP contribution >= 0.6 is 0 Å². The van der Waals surface area contributed by atoms with Crippen LogP contribution in [0.4, 0.5) is 11.6 Å². The van der Waals surface area contributed by atoms with Gasteiger partial charge in [-0.1, -0.05) is 0 Å². The van der Waals surface area contributed by atoms with Gasteiger partial charge in [-0.05, 0) is 19.8 Å². The third kappa shape index (κ3) is 2.41. The van der Waals surface area contributed by atoms with Gasteiger partial charge < -0.3 is 15.3 Å². The Labute approximate surface area is 95.5 Å². The summed E-state index contributed by atoms with van der Waals surface area (Å²) in [6.07, 6.45) is 3.39. The zero-order valence-electron chi connectivity index (χ0n) is 9.77. The lowest BCUT2D eigenvalue weighted by Crippen LogP contribution is -2.46. The first kappa shape index (κ1) is 11.1. The van der Waals surface area contributed by atoms with Crippen molar-refractivity contribution in [2.75, 3.05) is 30.4 Å². The fourth-order valence-electron chi connectivity index (χ4n) is 2.07. The van der Waals surface area contributed by atoms with Crippen LogP contribution in [0, 0.1) is 0 Å². The Morgan fingerprint density at radius 1 is 1.50 bits per heavy atom. The molecule has 1 aromatic heterocycles. The van der Waals surface area contributed by atoms with Crippen molar-refractivity contribution < 1.29 is 5.11 Å². The van der Waals surface area contributed by atoms with Crippen molar-refractivity contribution in [3.05, 3.63) is 12.4 Å². The molecular weight excluding hydrogens is 204 g/mol. The monoisotopic (exact) mass is 222 g/mol. The lowest BCUT2D eigenvalue weighted by atomic mass is 9.95. The normalized spacial score (nSPS) is 25.6. The maximum absolute atomic E-state index is 10.0. The van der Waals surface area contributed by atoms with E-state index in [2.05, 4.69) is 20.2 Å². The van der Waals surface area contributed by atoms with Gasteiger partial charge in [-0.15, -0.1) is 0 Å². The molecule has 1 aromatic rings. The van der Waals surface area contributed by atoms with Crippen molar-refractivity contribution in [1.82, 2.24) is 9.97 Å². The largest absolute Gasteiger partial charge is 0.388 e. The maximum atomic E-state index is 10.0. The van der Waals surface area contributed by atoms with E-state index in [1.807, 2.05) is 20.0 Å². The summed E-state index contributed by atoms with van der Waals surface area (Å²) in [5.41, 5.74) is -0.608. The highest BCUT2D eigenvalue weighted by Crippen LogP contribution is 2.24. The van der Waals surface area contributed by atoms with E-state index < -0.39 is 5.60 Å². The molecule has 88 valence electrons. The second kappa shape index (κ2) is 4.25. The first-order valence-corrected chi connectivity index (χ1v) is 5.58. The fourth-order valence-corrected chi connectivity index (χ4v) is 2.07. The predicted molar refractivity (Wildman–Crippen MR) is 63.6 cm³/mol. The van der Waals surface area contributed by atoms with Crippen molar-refractivity contribution in [2.45, 2.75) is 25.4 Å². The summed E-state index contributed by atoms with van der Waals surface area (Å²) in [7, 11) is 1.83. The predicted octanol–water partition coefficient (Wildman–Crippen LogP) is 0.869. The SMILES string of the molecule is CNc1cc(N2CCCC(C)(O)C2)ncn1. The van der Waals surface area contributed by atoms with E-state index in [1.54, 1.807) is 6.33 Å². The number of nitrogens with one attached hydrogen (secondary N) is 1. The highest BCUT2D eigenvalue weighted by atomic mass is 16.3. The number of anilines is 2. The molecule has 0 bridgehead atoms. The van der Waals surface area contributed by atoms with Gasteiger partial charge in [-0.3, -0.25) is 0 Å². The lowest BCUT2D eigenvalue weighted by Gasteiger charge is -2.37. The molecule has 1 saturated heterocycles. The van der Waals surface area contributed by atoms with Crippen LogP contribution in [0.15, 0.2) is 12.4 Å². The van der Waals surface area contributed by atoms with Crippen LogP contribution in [0.25, 0.3) is 0 Å². The smallest absolute Gasteiger partial charge is 0.134 e. The van der Waals surface area contributed by atoms with Gasteiger partial charge in [-0.25, -0.2) is 9.97 Å². The van der Waals surface area contributed by atoms with Crippen LogP contribution in [0.1, 0.15) is 19.8 Å². The number of piperidine rings is 1. The number of aromatic nitrogens is 2. The Kier molecular flexibility index (Phi) is 2.96. The molecule has 0 saturated carbocycles. The number of hydrogen-bond acceptors (Lipinski definition) is 5. The number of rotatable bonds is 2. The molecule has 1 fully saturated rings. The molecule has 1 aliphatic rings. The van der Waals surface area contributed by atoms with Gasteiger partial charge in [0.25, 0.3) is 0 Å². The van der Waals surface area contributed by atoms with Crippen molar-refractivity contribution in [3.8, 4) is 0 Å². The average Bonchev–Trinajstić information content (AvgIpc) is 2.28. The summed E-state index contributed by atoms with van der Waals surface area (Å²) in [5, 5.41) is 13.0. The number of nitrogens with zero attached hydrogens (tertiary/aromatic N) is 3. The van der Waals surface area contributed by atoms with Crippen LogP contribution in [0.5, 0.6) is 0 Å². The number of aliphatic hydroxyl groups is 1. The van der Waals surface area contributed by atoms with Crippen molar-refractivity contribution in [1.29, 1.82) is 0 Å². The summed E-state index contributed by atoms with van der Waals surface area (Å²) >= 11 is 0. The molecule has 16 heavy (non-hydrogen) atoms. The number of hydrogen-bond donors (Lipinski definition) is 2. The van der Waals surface area contributed by atoms with Crippen LogP contribution in [-0.2, 0) is 0 Å². The zero-order valence-corrected chi connectivity index (χ0v) is 9.77.